The summed E-state index contributed by atoms with van der Waals surface area (Å²) in [6.45, 7) is 4.70. The molecule has 9 heteroatoms. The summed E-state index contributed by atoms with van der Waals surface area (Å²) < 4.78 is 47.5. The Hall–Kier alpha value is -4.11. The predicted molar refractivity (Wildman–Crippen MR) is 159 cm³/mol. The van der Waals surface area contributed by atoms with Gasteiger partial charge in [-0.2, -0.15) is 4.39 Å². The number of hydrogen-bond acceptors (Lipinski definition) is 4. The number of carbonyl (C=O) groups is 2. The molecule has 0 spiro atoms. The number of nitrogens with one attached hydrogen (secondary N) is 1. The van der Waals surface area contributed by atoms with Crippen LogP contribution in [-0.2, 0) is 22.4 Å². The molecule has 0 aliphatic carbocycles. The first kappa shape index (κ1) is 30.4. The van der Waals surface area contributed by atoms with E-state index in [9.17, 15) is 22.8 Å². The Balaban J connectivity index is 1.42. The van der Waals surface area contributed by atoms with Gasteiger partial charge in [0.25, 0.3) is 5.91 Å². The lowest BCUT2D eigenvalue weighted by Gasteiger charge is -2.44. The van der Waals surface area contributed by atoms with Crippen molar-refractivity contribution in [3.05, 3.63) is 106 Å². The number of amides is 2. The van der Waals surface area contributed by atoms with Gasteiger partial charge in [0.2, 0.25) is 11.7 Å². The van der Waals surface area contributed by atoms with E-state index in [2.05, 4.69) is 5.32 Å². The molecule has 1 fully saturated rings. The summed E-state index contributed by atoms with van der Waals surface area (Å²) in [6.07, 6.45) is 0.923. The molecular weight excluding hydrogens is 555 g/mol. The van der Waals surface area contributed by atoms with Crippen molar-refractivity contribution in [2.45, 2.75) is 51.3 Å². The maximum absolute atomic E-state index is 14.2. The van der Waals surface area contributed by atoms with Gasteiger partial charge >= 0.3 is 0 Å². The summed E-state index contributed by atoms with van der Waals surface area (Å²) in [5.41, 5.74) is 4.42. The topological polar surface area (TPSA) is 61.9 Å². The van der Waals surface area contributed by atoms with Crippen molar-refractivity contribution in [3.8, 4) is 5.75 Å². The van der Waals surface area contributed by atoms with E-state index in [0.717, 1.165) is 34.4 Å². The SMILES string of the molecule is CC(=O)N1CC2CC(c3cccc(CC(C)Oc4c(F)ccc(F)c4F)c3)=C(C(=O)N(C)CCc3ccccc3)C(C1)N2. The highest BCUT2D eigenvalue weighted by molar-refractivity contribution is 6.03. The molecule has 1 N–H and O–H groups in total. The van der Waals surface area contributed by atoms with Gasteiger partial charge in [0.15, 0.2) is 17.4 Å². The molecule has 3 aromatic rings. The molecule has 2 heterocycles. The number of benzene rings is 3. The van der Waals surface area contributed by atoms with Crippen LogP contribution in [0.25, 0.3) is 5.57 Å². The Kier molecular flexibility index (Phi) is 9.20. The zero-order chi connectivity index (χ0) is 30.7. The van der Waals surface area contributed by atoms with Crippen molar-refractivity contribution in [2.24, 2.45) is 0 Å². The van der Waals surface area contributed by atoms with Crippen molar-refractivity contribution < 1.29 is 27.5 Å². The van der Waals surface area contributed by atoms with Gasteiger partial charge in [0, 0.05) is 51.6 Å². The summed E-state index contributed by atoms with van der Waals surface area (Å²) in [5, 5.41) is 3.57. The molecule has 3 aromatic carbocycles. The quantitative estimate of drug-likeness (QED) is 0.350. The van der Waals surface area contributed by atoms with Gasteiger partial charge in [-0.25, -0.2) is 8.78 Å². The number of fused-ring (bicyclic) bond motifs is 2. The first-order valence-electron chi connectivity index (χ1n) is 14.5. The van der Waals surface area contributed by atoms with Crippen LogP contribution in [0.2, 0.25) is 0 Å². The molecule has 6 nitrogen and oxygen atoms in total. The van der Waals surface area contributed by atoms with E-state index >= 15 is 0 Å². The van der Waals surface area contributed by atoms with Crippen LogP contribution >= 0.6 is 0 Å². The molecule has 43 heavy (non-hydrogen) atoms. The number of halogens is 3. The molecular formula is C34H36F3N3O3. The van der Waals surface area contributed by atoms with Crippen LogP contribution < -0.4 is 10.1 Å². The highest BCUT2D eigenvalue weighted by Gasteiger charge is 2.39. The molecule has 0 aromatic heterocycles. The van der Waals surface area contributed by atoms with Crippen LogP contribution in [0.4, 0.5) is 13.2 Å². The van der Waals surface area contributed by atoms with Crippen LogP contribution in [0.1, 0.15) is 37.0 Å². The van der Waals surface area contributed by atoms with Crippen molar-refractivity contribution >= 4 is 17.4 Å². The fraction of sp³-hybridized carbons (Fsp3) is 0.353. The van der Waals surface area contributed by atoms with E-state index < -0.39 is 29.3 Å². The van der Waals surface area contributed by atoms with Crippen LogP contribution in [-0.4, -0.2) is 66.5 Å². The minimum absolute atomic E-state index is 0.00587. The number of likely N-dealkylation sites (N-methyl/N-ethyl adjacent to an activating group) is 1. The smallest absolute Gasteiger partial charge is 0.251 e. The molecule has 2 aliphatic rings. The third kappa shape index (κ3) is 6.94. The maximum atomic E-state index is 14.2. The summed E-state index contributed by atoms with van der Waals surface area (Å²) >= 11 is 0. The lowest BCUT2D eigenvalue weighted by molar-refractivity contribution is -0.132. The second-order valence-electron chi connectivity index (χ2n) is 11.4. The molecule has 5 rings (SSSR count). The second-order valence-corrected chi connectivity index (χ2v) is 11.4. The fourth-order valence-corrected chi connectivity index (χ4v) is 5.95. The summed E-state index contributed by atoms with van der Waals surface area (Å²) in [4.78, 5) is 29.9. The highest BCUT2D eigenvalue weighted by Crippen LogP contribution is 2.35. The average molecular weight is 592 g/mol. The molecule has 2 aliphatic heterocycles. The molecule has 1 saturated heterocycles. The van der Waals surface area contributed by atoms with Crippen LogP contribution in [0.15, 0.2) is 72.3 Å². The molecule has 226 valence electrons. The van der Waals surface area contributed by atoms with E-state index in [1.165, 1.54) is 0 Å². The third-order valence-corrected chi connectivity index (χ3v) is 8.13. The van der Waals surface area contributed by atoms with E-state index in [-0.39, 0.29) is 23.9 Å². The lowest BCUT2D eigenvalue weighted by atomic mass is 9.82. The van der Waals surface area contributed by atoms with Crippen molar-refractivity contribution in [1.82, 2.24) is 15.1 Å². The predicted octanol–water partition coefficient (Wildman–Crippen LogP) is 5.16. The zero-order valence-electron chi connectivity index (χ0n) is 24.6. The molecule has 3 atom stereocenters. The van der Waals surface area contributed by atoms with E-state index in [1.807, 2.05) is 54.6 Å². The van der Waals surface area contributed by atoms with Crippen LogP contribution in [0, 0.1) is 17.5 Å². The number of carbonyl (C=O) groups excluding carboxylic acids is 2. The first-order valence-corrected chi connectivity index (χ1v) is 14.5. The number of nitrogens with zero attached hydrogens (tertiary/aromatic N) is 2. The number of rotatable bonds is 9. The summed E-state index contributed by atoms with van der Waals surface area (Å²) in [7, 11) is 1.80. The number of piperazine rings is 1. The van der Waals surface area contributed by atoms with E-state index in [0.29, 0.717) is 44.5 Å². The van der Waals surface area contributed by atoms with Gasteiger partial charge in [0.05, 0.1) is 6.04 Å². The Labute approximate surface area is 250 Å². The van der Waals surface area contributed by atoms with Gasteiger partial charge < -0.3 is 19.9 Å². The molecule has 2 bridgehead atoms. The second kappa shape index (κ2) is 13.0. The number of ether oxygens (including phenoxy) is 1. The van der Waals surface area contributed by atoms with Gasteiger partial charge in [-0.05, 0) is 54.2 Å². The summed E-state index contributed by atoms with van der Waals surface area (Å²) in [6, 6.07) is 18.9. The van der Waals surface area contributed by atoms with Crippen molar-refractivity contribution in [1.29, 1.82) is 0 Å². The largest absolute Gasteiger partial charge is 0.484 e. The lowest BCUT2D eigenvalue weighted by Crippen LogP contribution is -2.61. The van der Waals surface area contributed by atoms with Gasteiger partial charge in [0.1, 0.15) is 6.10 Å². The normalized spacial score (nSPS) is 18.8. The molecule has 3 unspecified atom stereocenters. The Morgan fingerprint density at radius 1 is 1.00 bits per heavy atom. The molecule has 2 amide bonds. The first-order chi connectivity index (χ1) is 20.6. The average Bonchev–Trinajstić information content (AvgIpc) is 3.00. The third-order valence-electron chi connectivity index (χ3n) is 8.13. The minimum Gasteiger partial charge on any atom is -0.484 e. The fourth-order valence-electron chi connectivity index (χ4n) is 5.95. The van der Waals surface area contributed by atoms with Crippen molar-refractivity contribution in [2.75, 3.05) is 26.7 Å². The van der Waals surface area contributed by atoms with Crippen LogP contribution in [0.3, 0.4) is 0 Å². The maximum Gasteiger partial charge on any atom is 0.251 e. The van der Waals surface area contributed by atoms with Crippen LogP contribution in [0.5, 0.6) is 5.75 Å². The molecule has 0 radical (unpaired) electrons. The molecule has 0 saturated carbocycles. The summed E-state index contributed by atoms with van der Waals surface area (Å²) in [5.74, 6) is -4.35. The zero-order valence-corrected chi connectivity index (χ0v) is 24.6. The van der Waals surface area contributed by atoms with Crippen molar-refractivity contribution in [3.63, 3.8) is 0 Å². The number of hydrogen-bond donors (Lipinski definition) is 1. The van der Waals surface area contributed by atoms with Gasteiger partial charge in [-0.1, -0.05) is 54.6 Å². The highest BCUT2D eigenvalue weighted by atomic mass is 19.2. The van der Waals surface area contributed by atoms with Gasteiger partial charge in [-0.15, -0.1) is 0 Å². The monoisotopic (exact) mass is 591 g/mol. The van der Waals surface area contributed by atoms with E-state index in [1.54, 1.807) is 30.7 Å². The minimum atomic E-state index is -1.36. The van der Waals surface area contributed by atoms with E-state index in [4.69, 9.17) is 4.74 Å². The Bertz CT molecular complexity index is 1530. The Morgan fingerprint density at radius 3 is 2.47 bits per heavy atom. The standard InChI is InChI=1S/C34H36F3N3O3/c1-21(43-33-29(36)13-12-28(35)32(33)37)16-24-10-7-11-25(17-24)27-18-26-19-40(22(2)41)20-30(38-26)31(27)34(42)39(3)15-14-23-8-5-4-6-9-23/h4-13,17,21,26,30,38H,14-16,18-20H2,1-3H3. The van der Waals surface area contributed by atoms with Gasteiger partial charge in [-0.3, -0.25) is 9.59 Å². The Morgan fingerprint density at radius 2 is 1.72 bits per heavy atom.